The molecule has 3 heteroatoms. The smallest absolute Gasteiger partial charge is 0.0588 e. The third-order valence-corrected chi connectivity index (χ3v) is 3.28. The van der Waals surface area contributed by atoms with E-state index in [0.29, 0.717) is 6.10 Å². The summed E-state index contributed by atoms with van der Waals surface area (Å²) in [4.78, 5) is 0. The topological polar surface area (TPSA) is 47.3 Å². The van der Waals surface area contributed by atoms with Crippen LogP contribution in [0.15, 0.2) is 18.2 Å². The van der Waals surface area contributed by atoms with E-state index in [9.17, 15) is 0 Å². The highest BCUT2D eigenvalue weighted by atomic mass is 16.5. The number of anilines is 1. The molecule has 0 aliphatic carbocycles. The summed E-state index contributed by atoms with van der Waals surface area (Å²) in [5.74, 6) is 0. The largest absolute Gasteiger partial charge is 0.398 e. The van der Waals surface area contributed by atoms with Crippen LogP contribution in [0.2, 0.25) is 0 Å². The number of hydrogen-bond acceptors (Lipinski definition) is 3. The summed E-state index contributed by atoms with van der Waals surface area (Å²) in [5, 5.41) is 3.44. The number of aryl methyl sites for hydroxylation is 1. The van der Waals surface area contributed by atoms with Gasteiger partial charge in [0, 0.05) is 18.8 Å². The molecule has 0 amide bonds. The molecule has 3 nitrogen and oxygen atoms in total. The van der Waals surface area contributed by atoms with Crippen LogP contribution in [0.5, 0.6) is 0 Å². The van der Waals surface area contributed by atoms with Crippen molar-refractivity contribution in [3.8, 4) is 0 Å². The van der Waals surface area contributed by atoms with Crippen molar-refractivity contribution in [3.63, 3.8) is 0 Å². The highest BCUT2D eigenvalue weighted by Gasteiger charge is 2.14. The number of rotatable bonds is 5. The maximum Gasteiger partial charge on any atom is 0.0588 e. The second-order valence-electron chi connectivity index (χ2n) is 4.80. The molecule has 94 valence electrons. The zero-order chi connectivity index (χ0) is 12.1. The van der Waals surface area contributed by atoms with Crippen molar-refractivity contribution in [3.05, 3.63) is 29.3 Å². The maximum atomic E-state index is 5.93. The Kier molecular flexibility index (Phi) is 4.40. The van der Waals surface area contributed by atoms with Crippen molar-refractivity contribution in [2.45, 2.75) is 38.8 Å². The van der Waals surface area contributed by atoms with Crippen LogP contribution in [0, 0.1) is 6.92 Å². The molecular weight excluding hydrogens is 212 g/mol. The minimum absolute atomic E-state index is 0.470. The van der Waals surface area contributed by atoms with Crippen LogP contribution in [-0.2, 0) is 11.3 Å². The van der Waals surface area contributed by atoms with Crippen molar-refractivity contribution in [1.82, 2.24) is 5.32 Å². The SMILES string of the molecule is Cc1ccc(N)c(CNCCC2CCCO2)c1. The first-order valence-corrected chi connectivity index (χ1v) is 6.43. The van der Waals surface area contributed by atoms with E-state index in [1.165, 1.54) is 24.0 Å². The molecule has 1 aromatic carbocycles. The molecule has 0 saturated carbocycles. The van der Waals surface area contributed by atoms with E-state index in [1.807, 2.05) is 12.1 Å². The van der Waals surface area contributed by atoms with Crippen molar-refractivity contribution < 1.29 is 4.74 Å². The number of benzene rings is 1. The lowest BCUT2D eigenvalue weighted by Gasteiger charge is -2.11. The zero-order valence-electron chi connectivity index (χ0n) is 10.5. The summed E-state index contributed by atoms with van der Waals surface area (Å²) >= 11 is 0. The van der Waals surface area contributed by atoms with Gasteiger partial charge in [-0.05, 0) is 44.4 Å². The first-order chi connectivity index (χ1) is 8.25. The third-order valence-electron chi connectivity index (χ3n) is 3.28. The molecular formula is C14H22N2O. The molecule has 1 aliphatic rings. The van der Waals surface area contributed by atoms with E-state index in [1.54, 1.807) is 0 Å². The van der Waals surface area contributed by atoms with Crippen molar-refractivity contribution in [1.29, 1.82) is 0 Å². The van der Waals surface area contributed by atoms with Crippen LogP contribution < -0.4 is 11.1 Å². The Bertz CT molecular complexity index is 359. The second kappa shape index (κ2) is 6.03. The number of nitrogens with one attached hydrogen (secondary N) is 1. The fourth-order valence-electron chi connectivity index (χ4n) is 2.25. The molecule has 1 fully saturated rings. The van der Waals surface area contributed by atoms with Crippen LogP contribution in [0.1, 0.15) is 30.4 Å². The van der Waals surface area contributed by atoms with Crippen molar-refractivity contribution in [2.24, 2.45) is 0 Å². The zero-order valence-corrected chi connectivity index (χ0v) is 10.5. The van der Waals surface area contributed by atoms with Gasteiger partial charge in [-0.2, -0.15) is 0 Å². The molecule has 1 aliphatic heterocycles. The van der Waals surface area contributed by atoms with Gasteiger partial charge in [-0.3, -0.25) is 0 Å². The van der Waals surface area contributed by atoms with Gasteiger partial charge in [0.2, 0.25) is 0 Å². The van der Waals surface area contributed by atoms with E-state index in [0.717, 1.165) is 31.8 Å². The molecule has 1 unspecified atom stereocenters. The Morgan fingerprint density at radius 2 is 2.35 bits per heavy atom. The van der Waals surface area contributed by atoms with Crippen LogP contribution >= 0.6 is 0 Å². The van der Waals surface area contributed by atoms with Gasteiger partial charge in [0.1, 0.15) is 0 Å². The summed E-state index contributed by atoms with van der Waals surface area (Å²) < 4.78 is 5.58. The van der Waals surface area contributed by atoms with Gasteiger partial charge in [0.05, 0.1) is 6.10 Å². The molecule has 0 radical (unpaired) electrons. The van der Waals surface area contributed by atoms with Gasteiger partial charge in [0.15, 0.2) is 0 Å². The Balaban J connectivity index is 1.72. The minimum Gasteiger partial charge on any atom is -0.398 e. The van der Waals surface area contributed by atoms with E-state index < -0.39 is 0 Å². The number of nitrogens with two attached hydrogens (primary N) is 1. The highest BCUT2D eigenvalue weighted by Crippen LogP contribution is 2.15. The van der Waals surface area contributed by atoms with Crippen LogP contribution in [0.4, 0.5) is 5.69 Å². The number of nitrogen functional groups attached to an aromatic ring is 1. The number of ether oxygens (including phenoxy) is 1. The van der Waals surface area contributed by atoms with Gasteiger partial charge in [-0.25, -0.2) is 0 Å². The summed E-state index contributed by atoms with van der Waals surface area (Å²) in [7, 11) is 0. The summed E-state index contributed by atoms with van der Waals surface area (Å²) in [6.07, 6.45) is 4.01. The lowest BCUT2D eigenvalue weighted by Crippen LogP contribution is -2.20. The molecule has 1 saturated heterocycles. The van der Waals surface area contributed by atoms with Crippen molar-refractivity contribution >= 4 is 5.69 Å². The van der Waals surface area contributed by atoms with Crippen molar-refractivity contribution in [2.75, 3.05) is 18.9 Å². The first kappa shape index (κ1) is 12.4. The number of hydrogen-bond donors (Lipinski definition) is 2. The molecule has 0 aromatic heterocycles. The lowest BCUT2D eigenvalue weighted by atomic mass is 10.1. The summed E-state index contributed by atoms with van der Waals surface area (Å²) in [5.41, 5.74) is 9.26. The summed E-state index contributed by atoms with van der Waals surface area (Å²) in [6, 6.07) is 6.17. The molecule has 1 aromatic rings. The van der Waals surface area contributed by atoms with Gasteiger partial charge >= 0.3 is 0 Å². The lowest BCUT2D eigenvalue weighted by molar-refractivity contribution is 0.104. The molecule has 2 rings (SSSR count). The molecule has 1 atom stereocenters. The molecule has 0 spiro atoms. The van der Waals surface area contributed by atoms with Crippen LogP contribution in [0.3, 0.4) is 0 Å². The highest BCUT2D eigenvalue weighted by molar-refractivity contribution is 5.48. The average molecular weight is 234 g/mol. The second-order valence-corrected chi connectivity index (χ2v) is 4.80. The van der Waals surface area contributed by atoms with Gasteiger partial charge in [-0.1, -0.05) is 17.7 Å². The van der Waals surface area contributed by atoms with Gasteiger partial charge < -0.3 is 15.8 Å². The molecule has 1 heterocycles. The average Bonchev–Trinajstić information content (AvgIpc) is 2.82. The van der Waals surface area contributed by atoms with Crippen LogP contribution in [-0.4, -0.2) is 19.3 Å². The standard InChI is InChI=1S/C14H22N2O/c1-11-4-5-14(15)12(9-11)10-16-7-6-13-3-2-8-17-13/h4-5,9,13,16H,2-3,6-8,10,15H2,1H3. The van der Waals surface area contributed by atoms with E-state index >= 15 is 0 Å². The maximum absolute atomic E-state index is 5.93. The predicted octanol–water partition coefficient (Wildman–Crippen LogP) is 2.24. The third kappa shape index (κ3) is 3.72. The Hall–Kier alpha value is -1.06. The fourth-order valence-corrected chi connectivity index (χ4v) is 2.25. The van der Waals surface area contributed by atoms with Crippen LogP contribution in [0.25, 0.3) is 0 Å². The van der Waals surface area contributed by atoms with E-state index in [-0.39, 0.29) is 0 Å². The molecule has 17 heavy (non-hydrogen) atoms. The van der Waals surface area contributed by atoms with Gasteiger partial charge in [0.25, 0.3) is 0 Å². The predicted molar refractivity (Wildman–Crippen MR) is 70.9 cm³/mol. The van der Waals surface area contributed by atoms with E-state index in [4.69, 9.17) is 10.5 Å². The Labute approximate surface area is 103 Å². The molecule has 0 bridgehead atoms. The molecule has 3 N–H and O–H groups in total. The Morgan fingerprint density at radius 3 is 3.12 bits per heavy atom. The monoisotopic (exact) mass is 234 g/mol. The summed E-state index contributed by atoms with van der Waals surface area (Å²) in [6.45, 7) is 4.88. The van der Waals surface area contributed by atoms with E-state index in [2.05, 4.69) is 18.3 Å². The van der Waals surface area contributed by atoms with Gasteiger partial charge in [-0.15, -0.1) is 0 Å². The normalized spacial score (nSPS) is 19.7. The Morgan fingerprint density at radius 1 is 1.47 bits per heavy atom. The first-order valence-electron chi connectivity index (χ1n) is 6.43. The minimum atomic E-state index is 0.470. The quantitative estimate of drug-likeness (QED) is 0.606. The fraction of sp³-hybridized carbons (Fsp3) is 0.571.